The van der Waals surface area contributed by atoms with Crippen LogP contribution < -0.4 is 0 Å². The Morgan fingerprint density at radius 3 is 1.81 bits per heavy atom. The molecule has 13 heteroatoms. The highest BCUT2D eigenvalue weighted by molar-refractivity contribution is 5.91. The van der Waals surface area contributed by atoms with Crippen LogP contribution in [0.4, 0.5) is 0 Å². The number of rotatable bonds is 14. The maximum atomic E-state index is 12.7. The van der Waals surface area contributed by atoms with Crippen LogP contribution in [0.25, 0.3) is 10.8 Å². The largest absolute Gasteiger partial charge is 0.507 e. The normalized spacial score (nSPS) is 36.5. The molecule has 14 atom stereocenters. The molecule has 2 N–H and O–H groups in total. The van der Waals surface area contributed by atoms with E-state index in [2.05, 4.69) is 13.8 Å². The second-order valence-electron chi connectivity index (χ2n) is 28.9. The molecule has 11 aliphatic rings. The van der Waals surface area contributed by atoms with E-state index in [0.29, 0.717) is 37.0 Å². The second kappa shape index (κ2) is 21.8. The average molecular weight is 1100 g/mol. The van der Waals surface area contributed by atoms with Gasteiger partial charge in [0.25, 0.3) is 0 Å². The third kappa shape index (κ3) is 11.3. The molecule has 3 saturated heterocycles. The van der Waals surface area contributed by atoms with E-state index < -0.39 is 34.1 Å². The summed E-state index contributed by atoms with van der Waals surface area (Å²) in [7, 11) is 0. The van der Waals surface area contributed by atoms with Gasteiger partial charge in [0.2, 0.25) is 0 Å². The number of carbonyl (C=O) groups excluding carboxylic acids is 5. The lowest BCUT2D eigenvalue weighted by atomic mass is 9.52. The lowest BCUT2D eigenvalue weighted by Gasteiger charge is -2.59. The molecule has 11 fully saturated rings. The topological polar surface area (TPSA) is 181 Å². The van der Waals surface area contributed by atoms with E-state index in [1.165, 1.54) is 32.1 Å². The van der Waals surface area contributed by atoms with Crippen LogP contribution >= 0.6 is 0 Å². The van der Waals surface area contributed by atoms with E-state index in [1.807, 2.05) is 100 Å². The number of ether oxygens (including phenoxy) is 6. The van der Waals surface area contributed by atoms with Gasteiger partial charge < -0.3 is 38.6 Å². The van der Waals surface area contributed by atoms with Crippen molar-refractivity contribution in [1.82, 2.24) is 0 Å². The minimum absolute atomic E-state index is 0.0455. The number of benzene rings is 2. The first-order valence-electron chi connectivity index (χ1n) is 30.7. The molecule has 438 valence electrons. The van der Waals surface area contributed by atoms with Crippen molar-refractivity contribution >= 4 is 40.6 Å². The summed E-state index contributed by atoms with van der Waals surface area (Å²) in [4.78, 5) is 60.7. The Hall–Kier alpha value is -4.23. The first-order valence-corrected chi connectivity index (χ1v) is 30.7. The van der Waals surface area contributed by atoms with E-state index in [1.54, 1.807) is 12.1 Å². The molecular weight excluding hydrogens is 1000 g/mol. The van der Waals surface area contributed by atoms with Crippen LogP contribution in [0.3, 0.4) is 0 Å². The smallest absolute Gasteiger partial charge is 0.312 e. The highest BCUT2D eigenvalue weighted by Gasteiger charge is 2.69. The molecule has 2 aromatic rings. The Balaban J connectivity index is 0.000000128. The molecule has 14 unspecified atom stereocenters. The van der Waals surface area contributed by atoms with Crippen molar-refractivity contribution in [3.05, 3.63) is 42.0 Å². The number of aromatic hydroxyl groups is 1. The monoisotopic (exact) mass is 1100 g/mol. The maximum Gasteiger partial charge on any atom is 0.312 e. The predicted octanol–water partition coefficient (Wildman–Crippen LogP) is 12.9. The Labute approximate surface area is 471 Å². The van der Waals surface area contributed by atoms with E-state index in [0.717, 1.165) is 104 Å². The fourth-order valence-corrected chi connectivity index (χ4v) is 16.3. The maximum absolute atomic E-state index is 12.7. The molecule has 10 bridgehead atoms. The number of hydrogen-bond acceptors (Lipinski definition) is 13. The second-order valence-corrected chi connectivity index (χ2v) is 28.9. The minimum Gasteiger partial charge on any atom is -0.507 e. The number of fused-ring (bicyclic) bond motifs is 11. The predicted molar refractivity (Wildman–Crippen MR) is 300 cm³/mol. The summed E-state index contributed by atoms with van der Waals surface area (Å²) in [5, 5.41) is 22.2. The molecule has 0 radical (unpaired) electrons. The fraction of sp³-hybridized carbons (Fsp3) is 0.773. The van der Waals surface area contributed by atoms with Crippen molar-refractivity contribution in [2.75, 3.05) is 0 Å². The Kier molecular flexibility index (Phi) is 16.4. The zero-order chi connectivity index (χ0) is 57.4. The van der Waals surface area contributed by atoms with Gasteiger partial charge in [0.05, 0.1) is 39.3 Å². The lowest BCUT2D eigenvalue weighted by molar-refractivity contribution is -0.225. The van der Waals surface area contributed by atoms with Crippen molar-refractivity contribution in [3.8, 4) is 5.75 Å². The minimum atomic E-state index is -0.555. The molecule has 3 aliphatic heterocycles. The van der Waals surface area contributed by atoms with Gasteiger partial charge >= 0.3 is 29.8 Å². The van der Waals surface area contributed by atoms with Crippen molar-refractivity contribution < 1.29 is 62.6 Å². The van der Waals surface area contributed by atoms with Gasteiger partial charge in [0.1, 0.15) is 29.7 Å². The van der Waals surface area contributed by atoms with Crippen molar-refractivity contribution in [3.63, 3.8) is 0 Å². The molecular formula is C66H96O13. The molecule has 0 amide bonds. The summed E-state index contributed by atoms with van der Waals surface area (Å²) in [5.41, 5.74) is -1.86. The highest BCUT2D eigenvalue weighted by atomic mass is 16.7. The molecule has 2 aromatic carbocycles. The zero-order valence-electron chi connectivity index (χ0n) is 50.1. The molecule has 0 aromatic heterocycles. The van der Waals surface area contributed by atoms with Crippen molar-refractivity contribution in [1.29, 1.82) is 0 Å². The molecule has 0 spiro atoms. The summed E-state index contributed by atoms with van der Waals surface area (Å²) in [6.45, 7) is 25.9. The lowest BCUT2D eigenvalue weighted by Crippen LogP contribution is -2.61. The SMILES string of the molecule is CCC(C)(C)C(=O)OC1(CC)CC2CC1C1C3CCC(C3)C21.CCC(C)(C)C(=O)OC12CC3CC(CC(O)(C3)C1)C2.CCC(C)(C)C(=O)OC1C2CC3C(=O)OC1C3O2.CCC(C)(C)C(=O)OCc1cccc2c(O)cccc12. The summed E-state index contributed by atoms with van der Waals surface area (Å²) in [6.07, 6.45) is 16.1. The van der Waals surface area contributed by atoms with E-state index in [9.17, 15) is 34.2 Å². The van der Waals surface area contributed by atoms with Gasteiger partial charge in [-0.1, -0.05) is 65.0 Å². The summed E-state index contributed by atoms with van der Waals surface area (Å²) in [6, 6.07) is 11.0. The first kappa shape index (κ1) is 59.4. The van der Waals surface area contributed by atoms with Crippen LogP contribution in [0.5, 0.6) is 5.75 Å². The van der Waals surface area contributed by atoms with E-state index in [-0.39, 0.29) is 76.9 Å². The number of phenols is 1. The molecule has 79 heavy (non-hydrogen) atoms. The average Bonchev–Trinajstić information content (AvgIpc) is 4.50. The van der Waals surface area contributed by atoms with Crippen LogP contribution in [0.1, 0.15) is 205 Å². The molecule has 3 heterocycles. The molecule has 13 rings (SSSR count). The van der Waals surface area contributed by atoms with Crippen LogP contribution in [-0.2, 0) is 59.0 Å². The summed E-state index contributed by atoms with van der Waals surface area (Å²) in [5.74, 6) is 5.88. The van der Waals surface area contributed by atoms with Crippen molar-refractivity contribution in [2.45, 2.75) is 247 Å². The van der Waals surface area contributed by atoms with Gasteiger partial charge in [0, 0.05) is 17.7 Å². The molecule has 13 nitrogen and oxygen atoms in total. The Morgan fingerprint density at radius 1 is 0.633 bits per heavy atom. The number of esters is 5. The van der Waals surface area contributed by atoms with Gasteiger partial charge in [-0.05, 0) is 217 Å². The van der Waals surface area contributed by atoms with E-state index in [4.69, 9.17) is 28.4 Å². The van der Waals surface area contributed by atoms with Gasteiger partial charge in [-0.2, -0.15) is 0 Å². The summed E-state index contributed by atoms with van der Waals surface area (Å²) < 4.78 is 34.2. The van der Waals surface area contributed by atoms with Gasteiger partial charge in [0.15, 0.2) is 12.2 Å². The number of aliphatic hydroxyl groups is 1. The van der Waals surface area contributed by atoms with Crippen LogP contribution in [0.2, 0.25) is 0 Å². The van der Waals surface area contributed by atoms with Gasteiger partial charge in [-0.25, -0.2) is 0 Å². The standard InChI is InChI=1S/C20H32O2.C17H20O3.C16H26O3.C13H18O5/c1-5-19(3,4)18(21)22-20(6-2)11-14-10-15(20)17-13-8-7-12(9-13)16(14)17;1-4-17(2,3)16(19)20-11-12-7-5-9-14-13(12)8-6-10-15(14)18;1-4-14(2,3)13(17)19-16-8-11-5-12(9-16)7-15(18,6-11)10-16;1-4-13(2,3)12(15)18-9-7-5-6-8(16-7)10(9)17-11(6)14/h12-17H,5-11H2,1-4H3;5-10,18H,4,11H2,1-3H3;11-12,18H,4-10H2,1-3H3;6-10H,4-5H2,1-3H3. The van der Waals surface area contributed by atoms with Crippen LogP contribution in [-0.4, -0.2) is 81.3 Å². The number of carbonyl (C=O) groups is 5. The molecule has 8 aliphatic carbocycles. The van der Waals surface area contributed by atoms with Crippen molar-refractivity contribution in [2.24, 2.45) is 74.9 Å². The van der Waals surface area contributed by atoms with E-state index >= 15 is 0 Å². The number of phenolic OH excluding ortho intramolecular Hbond substituents is 1. The first-order chi connectivity index (χ1) is 37.1. The summed E-state index contributed by atoms with van der Waals surface area (Å²) >= 11 is 0. The third-order valence-electron chi connectivity index (χ3n) is 22.2. The quantitative estimate of drug-likeness (QED) is 0.104. The highest BCUT2D eigenvalue weighted by Crippen LogP contribution is 2.71. The third-order valence-corrected chi connectivity index (χ3v) is 22.2. The molecule has 8 saturated carbocycles. The van der Waals surface area contributed by atoms with Crippen LogP contribution in [0.15, 0.2) is 36.4 Å². The Morgan fingerprint density at radius 2 is 1.20 bits per heavy atom. The Bertz CT molecular complexity index is 2600. The fourth-order valence-electron chi connectivity index (χ4n) is 16.3. The van der Waals surface area contributed by atoms with Crippen LogP contribution in [0, 0.1) is 74.9 Å². The van der Waals surface area contributed by atoms with Gasteiger partial charge in [-0.3, -0.25) is 24.0 Å². The number of hydrogen-bond donors (Lipinski definition) is 2. The van der Waals surface area contributed by atoms with Gasteiger partial charge in [-0.15, -0.1) is 0 Å². The zero-order valence-corrected chi connectivity index (χ0v) is 50.1.